The molecule has 0 spiro atoms. The summed E-state index contributed by atoms with van der Waals surface area (Å²) in [5.74, 6) is 0.102. The van der Waals surface area contributed by atoms with Crippen LogP contribution in [0.25, 0.3) is 0 Å². The average molecular weight is 161 g/mol. The lowest BCUT2D eigenvalue weighted by Gasteiger charge is -2.17. The fourth-order valence-electron chi connectivity index (χ4n) is 0.765. The van der Waals surface area contributed by atoms with Crippen molar-refractivity contribution in [3.63, 3.8) is 0 Å². The Bertz CT molecular complexity index is 114. The second kappa shape index (κ2) is 4.61. The summed E-state index contributed by atoms with van der Waals surface area (Å²) in [6.45, 7) is 4.66. The van der Waals surface area contributed by atoms with Gasteiger partial charge in [0.05, 0.1) is 5.25 Å². The lowest BCUT2D eigenvalue weighted by atomic mass is 10.3. The molecular formula is C7H15NOS. The molecule has 0 N–H and O–H groups in total. The summed E-state index contributed by atoms with van der Waals surface area (Å²) in [7, 11) is 1.80. The number of amides is 1. The summed E-state index contributed by atoms with van der Waals surface area (Å²) in [4.78, 5) is 12.8. The third-order valence-electron chi connectivity index (χ3n) is 1.29. The van der Waals surface area contributed by atoms with Gasteiger partial charge >= 0.3 is 0 Å². The molecule has 1 amide bonds. The maximum Gasteiger partial charge on any atom is 0.234 e. The Kier molecular flexibility index (Phi) is 4.52. The van der Waals surface area contributed by atoms with E-state index in [0.717, 1.165) is 13.0 Å². The van der Waals surface area contributed by atoms with Gasteiger partial charge in [0.15, 0.2) is 0 Å². The Balaban J connectivity index is 3.71. The fourth-order valence-corrected chi connectivity index (χ4v) is 0.962. The predicted octanol–water partition coefficient (Wildman–Crippen LogP) is 1.17. The average Bonchev–Trinajstić information content (AvgIpc) is 1.87. The van der Waals surface area contributed by atoms with E-state index in [2.05, 4.69) is 12.6 Å². The van der Waals surface area contributed by atoms with Crippen LogP contribution in [0.2, 0.25) is 0 Å². The smallest absolute Gasteiger partial charge is 0.234 e. The molecule has 0 aromatic rings. The number of hydrogen-bond acceptors (Lipinski definition) is 2. The van der Waals surface area contributed by atoms with Gasteiger partial charge in [-0.2, -0.15) is 12.6 Å². The van der Waals surface area contributed by atoms with Crippen LogP contribution < -0.4 is 0 Å². The zero-order valence-electron chi connectivity index (χ0n) is 6.79. The van der Waals surface area contributed by atoms with Gasteiger partial charge in [0.1, 0.15) is 0 Å². The number of carbonyl (C=O) groups is 1. The zero-order chi connectivity index (χ0) is 8.15. The third-order valence-corrected chi connectivity index (χ3v) is 1.51. The summed E-state index contributed by atoms with van der Waals surface area (Å²) < 4.78 is 0. The van der Waals surface area contributed by atoms with Gasteiger partial charge in [-0.3, -0.25) is 4.79 Å². The molecule has 0 heterocycles. The standard InChI is InChI=1S/C7H15NOS/c1-4-5-8(3)7(9)6(2)10/h6,10H,4-5H2,1-3H3. The Morgan fingerprint density at radius 1 is 1.70 bits per heavy atom. The van der Waals surface area contributed by atoms with Crippen LogP contribution in [0.4, 0.5) is 0 Å². The van der Waals surface area contributed by atoms with E-state index in [0.29, 0.717) is 0 Å². The van der Waals surface area contributed by atoms with Crippen LogP contribution in [0.5, 0.6) is 0 Å². The maximum atomic E-state index is 11.1. The van der Waals surface area contributed by atoms with Gasteiger partial charge in [0.2, 0.25) is 5.91 Å². The second-order valence-corrected chi connectivity index (χ2v) is 3.21. The van der Waals surface area contributed by atoms with Gasteiger partial charge in [0, 0.05) is 13.6 Å². The van der Waals surface area contributed by atoms with E-state index in [1.165, 1.54) is 0 Å². The summed E-state index contributed by atoms with van der Waals surface area (Å²) in [5.41, 5.74) is 0. The molecule has 0 radical (unpaired) electrons. The van der Waals surface area contributed by atoms with Gasteiger partial charge < -0.3 is 4.90 Å². The van der Waals surface area contributed by atoms with E-state index in [1.54, 1.807) is 18.9 Å². The first-order valence-corrected chi connectivity index (χ1v) is 4.04. The van der Waals surface area contributed by atoms with Crippen molar-refractivity contribution in [3.8, 4) is 0 Å². The largest absolute Gasteiger partial charge is 0.345 e. The molecule has 10 heavy (non-hydrogen) atoms. The molecule has 0 aliphatic carbocycles. The van der Waals surface area contributed by atoms with Crippen molar-refractivity contribution in [2.45, 2.75) is 25.5 Å². The van der Waals surface area contributed by atoms with E-state index in [1.807, 2.05) is 6.92 Å². The number of nitrogens with zero attached hydrogens (tertiary/aromatic N) is 1. The number of rotatable bonds is 3. The van der Waals surface area contributed by atoms with Crippen LogP contribution in [-0.4, -0.2) is 29.6 Å². The van der Waals surface area contributed by atoms with Gasteiger partial charge in [-0.1, -0.05) is 6.92 Å². The maximum absolute atomic E-state index is 11.1. The Hall–Kier alpha value is -0.180. The quantitative estimate of drug-likeness (QED) is 0.616. The molecular weight excluding hydrogens is 146 g/mol. The normalized spacial score (nSPS) is 12.8. The Labute approximate surface area is 68.0 Å². The van der Waals surface area contributed by atoms with E-state index in [-0.39, 0.29) is 11.2 Å². The molecule has 2 nitrogen and oxygen atoms in total. The van der Waals surface area contributed by atoms with E-state index in [4.69, 9.17) is 0 Å². The summed E-state index contributed by atoms with van der Waals surface area (Å²) >= 11 is 4.03. The van der Waals surface area contributed by atoms with Crippen LogP contribution in [0, 0.1) is 0 Å². The highest BCUT2D eigenvalue weighted by Gasteiger charge is 2.11. The van der Waals surface area contributed by atoms with Crippen molar-refractivity contribution in [3.05, 3.63) is 0 Å². The number of thiol groups is 1. The number of carbonyl (C=O) groups excluding carboxylic acids is 1. The monoisotopic (exact) mass is 161 g/mol. The predicted molar refractivity (Wildman–Crippen MR) is 46.4 cm³/mol. The molecule has 3 heteroatoms. The number of hydrogen-bond donors (Lipinski definition) is 1. The highest BCUT2D eigenvalue weighted by atomic mass is 32.1. The summed E-state index contributed by atoms with van der Waals surface area (Å²) in [6, 6.07) is 0. The summed E-state index contributed by atoms with van der Waals surface area (Å²) in [5, 5.41) is -0.170. The molecule has 0 saturated heterocycles. The molecule has 0 aliphatic rings. The molecule has 0 rings (SSSR count). The zero-order valence-corrected chi connectivity index (χ0v) is 7.69. The first-order chi connectivity index (χ1) is 4.59. The van der Waals surface area contributed by atoms with E-state index < -0.39 is 0 Å². The van der Waals surface area contributed by atoms with Crippen LogP contribution in [0.1, 0.15) is 20.3 Å². The van der Waals surface area contributed by atoms with Gasteiger partial charge in [0.25, 0.3) is 0 Å². The lowest BCUT2D eigenvalue weighted by Crippen LogP contribution is -2.32. The molecule has 60 valence electrons. The SMILES string of the molecule is CCCN(C)C(=O)C(C)S. The fraction of sp³-hybridized carbons (Fsp3) is 0.857. The van der Waals surface area contributed by atoms with Crippen molar-refractivity contribution in [2.75, 3.05) is 13.6 Å². The van der Waals surface area contributed by atoms with Crippen molar-refractivity contribution in [1.29, 1.82) is 0 Å². The lowest BCUT2D eigenvalue weighted by molar-refractivity contribution is -0.128. The summed E-state index contributed by atoms with van der Waals surface area (Å²) in [6.07, 6.45) is 1.00. The van der Waals surface area contributed by atoms with Crippen molar-refractivity contribution < 1.29 is 4.79 Å². The Morgan fingerprint density at radius 3 is 2.50 bits per heavy atom. The molecule has 0 aromatic carbocycles. The molecule has 1 unspecified atom stereocenters. The van der Waals surface area contributed by atoms with Gasteiger partial charge in [-0.05, 0) is 13.3 Å². The first-order valence-electron chi connectivity index (χ1n) is 3.52. The van der Waals surface area contributed by atoms with Crippen molar-refractivity contribution >= 4 is 18.5 Å². The molecule has 0 bridgehead atoms. The van der Waals surface area contributed by atoms with Gasteiger partial charge in [-0.25, -0.2) is 0 Å². The minimum Gasteiger partial charge on any atom is -0.345 e. The van der Waals surface area contributed by atoms with Crippen LogP contribution in [-0.2, 0) is 4.79 Å². The van der Waals surface area contributed by atoms with Crippen molar-refractivity contribution in [1.82, 2.24) is 4.90 Å². The van der Waals surface area contributed by atoms with Crippen molar-refractivity contribution in [2.24, 2.45) is 0 Å². The van der Waals surface area contributed by atoms with E-state index in [9.17, 15) is 4.79 Å². The second-order valence-electron chi connectivity index (χ2n) is 2.44. The van der Waals surface area contributed by atoms with Crippen LogP contribution in [0.15, 0.2) is 0 Å². The highest BCUT2D eigenvalue weighted by molar-refractivity contribution is 7.81. The molecule has 0 aromatic heterocycles. The van der Waals surface area contributed by atoms with Gasteiger partial charge in [-0.15, -0.1) is 0 Å². The highest BCUT2D eigenvalue weighted by Crippen LogP contribution is 1.98. The minimum absolute atomic E-state index is 0.102. The molecule has 1 atom stereocenters. The molecule has 0 saturated carbocycles. The van der Waals surface area contributed by atoms with Crippen LogP contribution in [0.3, 0.4) is 0 Å². The topological polar surface area (TPSA) is 20.3 Å². The van der Waals surface area contributed by atoms with E-state index >= 15 is 0 Å². The first kappa shape index (κ1) is 9.82. The minimum atomic E-state index is -0.170. The Morgan fingerprint density at radius 2 is 2.20 bits per heavy atom. The molecule has 0 fully saturated rings. The molecule has 0 aliphatic heterocycles. The third kappa shape index (κ3) is 3.11. The van der Waals surface area contributed by atoms with Crippen LogP contribution >= 0.6 is 12.6 Å².